The molecule has 0 radical (unpaired) electrons. The Kier molecular flexibility index (Phi) is 18.3. The van der Waals surface area contributed by atoms with Crippen molar-refractivity contribution >= 4 is 64.4 Å². The van der Waals surface area contributed by atoms with E-state index in [1.54, 1.807) is 53.2 Å². The molecule has 2 heterocycles. The highest BCUT2D eigenvalue weighted by atomic mass is 32.1. The summed E-state index contributed by atoms with van der Waals surface area (Å²) in [5.41, 5.74) is 6.81. The zero-order valence-electron chi connectivity index (χ0n) is 34.1. The minimum Gasteiger partial charge on any atom is -0.143 e. The first kappa shape index (κ1) is 41.3. The zero-order valence-corrected chi connectivity index (χ0v) is 35.7. The highest BCUT2D eigenvalue weighted by Gasteiger charge is 2.20. The van der Waals surface area contributed by atoms with Crippen molar-refractivity contribution in [3.63, 3.8) is 0 Å². The number of hydrogen-bond donors (Lipinski definition) is 0. The lowest BCUT2D eigenvalue weighted by Crippen LogP contribution is -2.01. The molecule has 0 amide bonds. The average molecular weight is 739 g/mol. The van der Waals surface area contributed by atoms with Crippen LogP contribution in [0.4, 0.5) is 0 Å². The summed E-state index contributed by atoms with van der Waals surface area (Å²) in [6, 6.07) is 10.4. The lowest BCUT2D eigenvalue weighted by atomic mass is 9.85. The van der Waals surface area contributed by atoms with Crippen molar-refractivity contribution in [3.05, 3.63) is 57.3 Å². The summed E-state index contributed by atoms with van der Waals surface area (Å²) in [4.78, 5) is 0. The third-order valence-corrected chi connectivity index (χ3v) is 14.1. The summed E-state index contributed by atoms with van der Waals surface area (Å²) in [7, 11) is 0. The molecule has 0 aliphatic rings. The molecule has 0 saturated heterocycles. The molecule has 52 heavy (non-hydrogen) atoms. The van der Waals surface area contributed by atoms with Gasteiger partial charge in [0.25, 0.3) is 0 Å². The van der Waals surface area contributed by atoms with E-state index in [2.05, 4.69) is 62.7 Å². The maximum absolute atomic E-state index is 2.72. The first-order valence-corrected chi connectivity index (χ1v) is 24.3. The van der Waals surface area contributed by atoms with Gasteiger partial charge in [-0.25, -0.2) is 0 Å². The van der Waals surface area contributed by atoms with Gasteiger partial charge < -0.3 is 0 Å². The van der Waals surface area contributed by atoms with E-state index < -0.39 is 0 Å². The topological polar surface area (TPSA) is 0 Å². The number of aryl methyl sites for hydroxylation is 4. The van der Waals surface area contributed by atoms with E-state index in [1.165, 1.54) is 191 Å². The van der Waals surface area contributed by atoms with Crippen molar-refractivity contribution in [2.75, 3.05) is 0 Å². The lowest BCUT2D eigenvalue weighted by Gasteiger charge is -2.20. The van der Waals surface area contributed by atoms with E-state index in [4.69, 9.17) is 0 Å². The van der Waals surface area contributed by atoms with E-state index in [-0.39, 0.29) is 0 Å². The molecule has 0 unspecified atom stereocenters. The highest BCUT2D eigenvalue weighted by Crippen LogP contribution is 2.44. The third kappa shape index (κ3) is 11.1. The van der Waals surface area contributed by atoms with Gasteiger partial charge in [0, 0.05) is 20.2 Å². The molecule has 0 N–H and O–H groups in total. The second-order valence-corrected chi connectivity index (χ2v) is 18.1. The van der Waals surface area contributed by atoms with Gasteiger partial charge in [-0.1, -0.05) is 156 Å². The van der Waals surface area contributed by atoms with E-state index in [1.807, 2.05) is 22.7 Å². The molecule has 2 heteroatoms. The van der Waals surface area contributed by atoms with E-state index in [9.17, 15) is 0 Å². The van der Waals surface area contributed by atoms with Crippen LogP contribution in [0, 0.1) is 0 Å². The van der Waals surface area contributed by atoms with Gasteiger partial charge in [0.1, 0.15) is 0 Å². The van der Waals surface area contributed by atoms with Crippen molar-refractivity contribution in [1.29, 1.82) is 0 Å². The predicted octanol–water partition coefficient (Wildman–Crippen LogP) is 18.0. The first-order valence-electron chi connectivity index (χ1n) is 22.5. The quantitative estimate of drug-likeness (QED) is 0.0354. The second kappa shape index (κ2) is 23.1. The molecular weight excluding hydrogens is 665 g/mol. The molecule has 5 aromatic rings. The molecule has 0 aliphatic carbocycles. The van der Waals surface area contributed by atoms with Crippen LogP contribution in [0.1, 0.15) is 204 Å². The van der Waals surface area contributed by atoms with Crippen LogP contribution in [0.5, 0.6) is 0 Å². The average Bonchev–Trinajstić information content (AvgIpc) is 3.86. The third-order valence-electron chi connectivity index (χ3n) is 12.1. The number of benzene rings is 3. The first-order chi connectivity index (χ1) is 25.7. The number of rotatable bonds is 28. The van der Waals surface area contributed by atoms with E-state index >= 15 is 0 Å². The SMILES string of the molecule is CCCCCCCCc1c(CCCCCCCC)c2sccc2c2cc3c(CCCCCCCC)c(CCCCCCCC)c4sccc4c3cc12. The smallest absolute Gasteiger partial charge is 0.0383 e. The number of fused-ring (bicyclic) bond motifs is 6. The van der Waals surface area contributed by atoms with Gasteiger partial charge in [0.15, 0.2) is 0 Å². The van der Waals surface area contributed by atoms with Gasteiger partial charge in [0.05, 0.1) is 0 Å². The molecule has 286 valence electrons. The summed E-state index contributed by atoms with van der Waals surface area (Å²) in [5, 5.41) is 14.1. The predicted molar refractivity (Wildman–Crippen MR) is 241 cm³/mol. The van der Waals surface area contributed by atoms with Crippen molar-refractivity contribution in [2.45, 2.75) is 207 Å². The Hall–Kier alpha value is -1.90. The molecule has 0 spiro atoms. The largest absolute Gasteiger partial charge is 0.143 e. The second-order valence-electron chi connectivity index (χ2n) is 16.3. The fourth-order valence-corrected chi connectivity index (χ4v) is 11.1. The summed E-state index contributed by atoms with van der Waals surface area (Å²) >= 11 is 4.05. The van der Waals surface area contributed by atoms with Crippen molar-refractivity contribution in [2.24, 2.45) is 0 Å². The van der Waals surface area contributed by atoms with Crippen LogP contribution in [-0.2, 0) is 25.7 Å². The minimum atomic E-state index is 1.24. The summed E-state index contributed by atoms with van der Waals surface area (Å²) in [5.74, 6) is 0. The molecule has 0 saturated carbocycles. The van der Waals surface area contributed by atoms with Gasteiger partial charge in [0.2, 0.25) is 0 Å². The summed E-state index contributed by atoms with van der Waals surface area (Å²) in [6.07, 6.45) is 37.8. The maximum Gasteiger partial charge on any atom is 0.0383 e. The van der Waals surface area contributed by atoms with Crippen molar-refractivity contribution in [1.82, 2.24) is 0 Å². The van der Waals surface area contributed by atoms with Gasteiger partial charge in [-0.2, -0.15) is 0 Å². The Morgan fingerprint density at radius 2 is 0.596 bits per heavy atom. The maximum atomic E-state index is 2.72. The van der Waals surface area contributed by atoms with Crippen LogP contribution < -0.4 is 0 Å². The molecular formula is C50H74S2. The zero-order chi connectivity index (χ0) is 36.4. The monoisotopic (exact) mass is 739 g/mol. The minimum absolute atomic E-state index is 1.24. The molecule has 0 fully saturated rings. The molecule has 0 bridgehead atoms. The van der Waals surface area contributed by atoms with Crippen LogP contribution in [0.15, 0.2) is 35.0 Å². The fraction of sp³-hybridized carbons (Fsp3) is 0.640. The summed E-state index contributed by atoms with van der Waals surface area (Å²) < 4.78 is 3.20. The molecule has 2 aromatic heterocycles. The van der Waals surface area contributed by atoms with Crippen LogP contribution >= 0.6 is 22.7 Å². The molecule has 0 atom stereocenters. The van der Waals surface area contributed by atoms with E-state index in [0.29, 0.717) is 0 Å². The molecule has 0 nitrogen and oxygen atoms in total. The van der Waals surface area contributed by atoms with Crippen molar-refractivity contribution in [3.8, 4) is 0 Å². The lowest BCUT2D eigenvalue weighted by molar-refractivity contribution is 0.600. The Balaban J connectivity index is 1.59. The standard InChI is InChI=1S/C50H74S2/c1-5-9-13-17-21-25-29-39-41(31-27-23-19-15-11-7-3)49-43(33-35-51-49)47-38-46-40(30-26-22-18-14-10-6-2)42(32-28-24-20-16-12-8-4)50-44(34-36-52-50)48(46)37-45(39)47/h33-38H,5-32H2,1-4H3. The van der Waals surface area contributed by atoms with E-state index in [0.717, 1.165) is 0 Å². The van der Waals surface area contributed by atoms with Gasteiger partial charge in [-0.05, 0) is 130 Å². The molecule has 0 aliphatic heterocycles. The molecule has 5 rings (SSSR count). The fourth-order valence-electron chi connectivity index (χ4n) is 9.08. The number of hydrogen-bond acceptors (Lipinski definition) is 2. The van der Waals surface area contributed by atoms with Gasteiger partial charge >= 0.3 is 0 Å². The van der Waals surface area contributed by atoms with Crippen LogP contribution in [-0.4, -0.2) is 0 Å². The molecule has 3 aromatic carbocycles. The highest BCUT2D eigenvalue weighted by molar-refractivity contribution is 7.18. The number of thiophene rings is 2. The van der Waals surface area contributed by atoms with Crippen LogP contribution in [0.25, 0.3) is 41.7 Å². The Morgan fingerprint density at radius 1 is 0.308 bits per heavy atom. The summed E-state index contributed by atoms with van der Waals surface area (Å²) in [6.45, 7) is 9.34. The Labute approximate surface area is 327 Å². The van der Waals surface area contributed by atoms with Gasteiger partial charge in [-0.15, -0.1) is 22.7 Å². The Morgan fingerprint density at radius 3 is 0.923 bits per heavy atom. The van der Waals surface area contributed by atoms with Gasteiger partial charge in [-0.3, -0.25) is 0 Å². The normalized spacial score (nSPS) is 12.1. The van der Waals surface area contributed by atoms with Crippen LogP contribution in [0.3, 0.4) is 0 Å². The van der Waals surface area contributed by atoms with Crippen LogP contribution in [0.2, 0.25) is 0 Å². The Bertz CT molecular complexity index is 1620. The van der Waals surface area contributed by atoms with Crippen molar-refractivity contribution < 1.29 is 0 Å². The number of unbranched alkanes of at least 4 members (excludes halogenated alkanes) is 20.